The van der Waals surface area contributed by atoms with Crippen LogP contribution in [0.2, 0.25) is 0 Å². The van der Waals surface area contributed by atoms with E-state index < -0.39 is 0 Å². The highest BCUT2D eigenvalue weighted by molar-refractivity contribution is 6.09. The number of carbonyl (C=O) groups is 1. The van der Waals surface area contributed by atoms with Gasteiger partial charge in [0, 0.05) is 17.4 Å². The molecule has 0 unspecified atom stereocenters. The Morgan fingerprint density at radius 1 is 1.24 bits per heavy atom. The SMILES string of the molecule is Nc1ccc2c(c1)C(=O)N(c1ccccn1)C2. The molecule has 1 aromatic heterocycles. The van der Waals surface area contributed by atoms with Crippen LogP contribution in [0.3, 0.4) is 0 Å². The predicted octanol–water partition coefficient (Wildman–Crippen LogP) is 1.82. The van der Waals surface area contributed by atoms with Gasteiger partial charge in [0.25, 0.3) is 5.91 Å². The molecule has 3 rings (SSSR count). The lowest BCUT2D eigenvalue weighted by Crippen LogP contribution is -2.23. The second-order valence-corrected chi connectivity index (χ2v) is 4.00. The van der Waals surface area contributed by atoms with E-state index >= 15 is 0 Å². The lowest BCUT2D eigenvalue weighted by Gasteiger charge is -2.13. The highest BCUT2D eigenvalue weighted by Gasteiger charge is 2.28. The number of amides is 1. The molecule has 1 aromatic carbocycles. The molecule has 1 aliphatic rings. The summed E-state index contributed by atoms with van der Waals surface area (Å²) < 4.78 is 0. The minimum atomic E-state index is -0.0361. The molecule has 2 N–H and O–H groups in total. The maximum Gasteiger partial charge on any atom is 0.260 e. The number of hydrogen-bond acceptors (Lipinski definition) is 3. The van der Waals surface area contributed by atoms with Gasteiger partial charge in [0.05, 0.1) is 6.54 Å². The second kappa shape index (κ2) is 3.59. The van der Waals surface area contributed by atoms with E-state index in [0.29, 0.717) is 23.6 Å². The molecule has 0 bridgehead atoms. The van der Waals surface area contributed by atoms with Crippen molar-refractivity contribution in [1.82, 2.24) is 4.98 Å². The monoisotopic (exact) mass is 225 g/mol. The van der Waals surface area contributed by atoms with Gasteiger partial charge in [-0.25, -0.2) is 4.98 Å². The van der Waals surface area contributed by atoms with Gasteiger partial charge in [0.2, 0.25) is 0 Å². The van der Waals surface area contributed by atoms with Crippen molar-refractivity contribution in [3.8, 4) is 0 Å². The number of rotatable bonds is 1. The number of carbonyl (C=O) groups excluding carboxylic acids is 1. The lowest BCUT2D eigenvalue weighted by atomic mass is 10.1. The normalized spacial score (nSPS) is 13.9. The Kier molecular flexibility index (Phi) is 2.08. The Labute approximate surface area is 98.7 Å². The van der Waals surface area contributed by atoms with Crippen molar-refractivity contribution in [2.75, 3.05) is 10.6 Å². The van der Waals surface area contributed by atoms with E-state index in [1.165, 1.54) is 0 Å². The minimum Gasteiger partial charge on any atom is -0.399 e. The van der Waals surface area contributed by atoms with Crippen molar-refractivity contribution in [2.24, 2.45) is 0 Å². The first kappa shape index (κ1) is 9.84. The lowest BCUT2D eigenvalue weighted by molar-refractivity contribution is 0.0996. The molecular formula is C13H11N3O. The summed E-state index contributed by atoms with van der Waals surface area (Å²) >= 11 is 0. The fourth-order valence-electron chi connectivity index (χ4n) is 2.02. The van der Waals surface area contributed by atoms with Crippen LogP contribution in [0.15, 0.2) is 42.6 Å². The van der Waals surface area contributed by atoms with Crippen molar-refractivity contribution >= 4 is 17.4 Å². The number of fused-ring (bicyclic) bond motifs is 1. The summed E-state index contributed by atoms with van der Waals surface area (Å²) in [5.41, 5.74) is 7.97. The van der Waals surface area contributed by atoms with Crippen LogP contribution in [0.25, 0.3) is 0 Å². The van der Waals surface area contributed by atoms with Gasteiger partial charge >= 0.3 is 0 Å². The van der Waals surface area contributed by atoms with Gasteiger partial charge in [-0.2, -0.15) is 0 Å². The van der Waals surface area contributed by atoms with Crippen LogP contribution >= 0.6 is 0 Å². The first-order valence-corrected chi connectivity index (χ1v) is 5.37. The number of hydrogen-bond donors (Lipinski definition) is 1. The van der Waals surface area contributed by atoms with Gasteiger partial charge in [0.15, 0.2) is 0 Å². The Morgan fingerprint density at radius 3 is 2.88 bits per heavy atom. The third-order valence-electron chi connectivity index (χ3n) is 2.86. The van der Waals surface area contributed by atoms with Gasteiger partial charge < -0.3 is 5.73 Å². The van der Waals surface area contributed by atoms with Crippen molar-refractivity contribution in [3.63, 3.8) is 0 Å². The minimum absolute atomic E-state index is 0.0361. The van der Waals surface area contributed by atoms with E-state index in [2.05, 4.69) is 4.98 Å². The molecule has 0 saturated carbocycles. The van der Waals surface area contributed by atoms with Crippen LogP contribution in [-0.4, -0.2) is 10.9 Å². The third kappa shape index (κ3) is 1.54. The Bertz CT molecular complexity index is 580. The molecule has 0 saturated heterocycles. The number of nitrogens with zero attached hydrogens (tertiary/aromatic N) is 2. The molecule has 0 fully saturated rings. The van der Waals surface area contributed by atoms with E-state index in [-0.39, 0.29) is 5.91 Å². The average molecular weight is 225 g/mol. The number of benzene rings is 1. The van der Waals surface area contributed by atoms with E-state index in [9.17, 15) is 4.79 Å². The van der Waals surface area contributed by atoms with Crippen LogP contribution in [0.1, 0.15) is 15.9 Å². The fourth-order valence-corrected chi connectivity index (χ4v) is 2.02. The van der Waals surface area contributed by atoms with Gasteiger partial charge in [-0.3, -0.25) is 9.69 Å². The van der Waals surface area contributed by atoms with E-state index in [1.54, 1.807) is 17.2 Å². The van der Waals surface area contributed by atoms with Crippen molar-refractivity contribution in [2.45, 2.75) is 6.54 Å². The number of nitrogens with two attached hydrogens (primary N) is 1. The molecule has 4 heteroatoms. The van der Waals surface area contributed by atoms with Crippen LogP contribution in [0.4, 0.5) is 11.5 Å². The maximum atomic E-state index is 12.2. The van der Waals surface area contributed by atoms with E-state index in [1.807, 2.05) is 30.3 Å². The molecule has 84 valence electrons. The zero-order valence-electron chi connectivity index (χ0n) is 9.13. The summed E-state index contributed by atoms with van der Waals surface area (Å²) in [5, 5.41) is 0. The van der Waals surface area contributed by atoms with E-state index in [4.69, 9.17) is 5.73 Å². The summed E-state index contributed by atoms with van der Waals surface area (Å²) in [4.78, 5) is 18.0. The zero-order chi connectivity index (χ0) is 11.8. The third-order valence-corrected chi connectivity index (χ3v) is 2.86. The average Bonchev–Trinajstić information content (AvgIpc) is 2.68. The molecule has 0 spiro atoms. The highest BCUT2D eigenvalue weighted by atomic mass is 16.2. The largest absolute Gasteiger partial charge is 0.399 e. The van der Waals surface area contributed by atoms with Crippen molar-refractivity contribution in [3.05, 3.63) is 53.7 Å². The molecule has 1 aliphatic heterocycles. The smallest absolute Gasteiger partial charge is 0.260 e. The number of pyridine rings is 1. The van der Waals surface area contributed by atoms with Crippen LogP contribution in [0, 0.1) is 0 Å². The Morgan fingerprint density at radius 2 is 2.12 bits per heavy atom. The Balaban J connectivity index is 2.02. The molecule has 17 heavy (non-hydrogen) atoms. The van der Waals surface area contributed by atoms with E-state index in [0.717, 1.165) is 5.56 Å². The molecule has 0 aliphatic carbocycles. The number of anilines is 2. The van der Waals surface area contributed by atoms with Gasteiger partial charge in [-0.15, -0.1) is 0 Å². The first-order valence-electron chi connectivity index (χ1n) is 5.37. The zero-order valence-corrected chi connectivity index (χ0v) is 9.13. The molecule has 0 atom stereocenters. The highest BCUT2D eigenvalue weighted by Crippen LogP contribution is 2.27. The van der Waals surface area contributed by atoms with Gasteiger partial charge in [-0.1, -0.05) is 12.1 Å². The molecule has 4 nitrogen and oxygen atoms in total. The molecule has 2 heterocycles. The standard InChI is InChI=1S/C13H11N3O/c14-10-5-4-9-8-16(13(17)11(9)7-10)12-3-1-2-6-15-12/h1-7H,8,14H2. The molecule has 1 amide bonds. The predicted molar refractivity (Wildman–Crippen MR) is 65.6 cm³/mol. The summed E-state index contributed by atoms with van der Waals surface area (Å²) in [6, 6.07) is 11.0. The molecule has 2 aromatic rings. The topological polar surface area (TPSA) is 59.2 Å². The summed E-state index contributed by atoms with van der Waals surface area (Å²) in [5.74, 6) is 0.637. The summed E-state index contributed by atoms with van der Waals surface area (Å²) in [7, 11) is 0. The maximum absolute atomic E-state index is 12.2. The second-order valence-electron chi connectivity index (χ2n) is 4.00. The van der Waals surface area contributed by atoms with Crippen LogP contribution in [-0.2, 0) is 6.54 Å². The van der Waals surface area contributed by atoms with Crippen molar-refractivity contribution in [1.29, 1.82) is 0 Å². The van der Waals surface area contributed by atoms with Crippen molar-refractivity contribution < 1.29 is 4.79 Å². The number of nitrogen functional groups attached to an aromatic ring is 1. The van der Waals surface area contributed by atoms with Gasteiger partial charge in [-0.05, 0) is 29.8 Å². The molecule has 0 radical (unpaired) electrons. The van der Waals surface area contributed by atoms with Gasteiger partial charge in [0.1, 0.15) is 5.82 Å². The fraction of sp³-hybridized carbons (Fsp3) is 0.0769. The summed E-state index contributed by atoms with van der Waals surface area (Å²) in [6.07, 6.45) is 1.68. The molecular weight excluding hydrogens is 214 g/mol. The number of aromatic nitrogens is 1. The van der Waals surface area contributed by atoms with Crippen LogP contribution < -0.4 is 10.6 Å². The first-order chi connectivity index (χ1) is 8.25. The quantitative estimate of drug-likeness (QED) is 0.753. The van der Waals surface area contributed by atoms with Crippen LogP contribution in [0.5, 0.6) is 0 Å². The Hall–Kier alpha value is -2.36. The summed E-state index contributed by atoms with van der Waals surface area (Å²) in [6.45, 7) is 0.561.